The van der Waals surface area contributed by atoms with E-state index in [0.717, 1.165) is 11.3 Å². The van der Waals surface area contributed by atoms with E-state index in [1.165, 1.54) is 0 Å². The average molecular weight is 382 g/mol. The van der Waals surface area contributed by atoms with Crippen molar-refractivity contribution in [3.63, 3.8) is 0 Å². The molecular formula is C20H22N4O4. The Hall–Kier alpha value is -3.13. The number of nitrogens with zero attached hydrogens (tertiary/aromatic N) is 2. The molecule has 28 heavy (non-hydrogen) atoms. The minimum Gasteiger partial charge on any atom is -0.454 e. The van der Waals surface area contributed by atoms with Gasteiger partial charge in [0.2, 0.25) is 18.6 Å². The van der Waals surface area contributed by atoms with Gasteiger partial charge in [0.05, 0.1) is 18.3 Å². The summed E-state index contributed by atoms with van der Waals surface area (Å²) in [4.78, 5) is 31.5. The van der Waals surface area contributed by atoms with Crippen molar-refractivity contribution in [2.75, 3.05) is 31.7 Å². The molecular weight excluding hydrogens is 360 g/mol. The van der Waals surface area contributed by atoms with Crippen molar-refractivity contribution in [1.29, 1.82) is 0 Å². The van der Waals surface area contributed by atoms with E-state index < -0.39 is 6.04 Å². The number of amides is 2. The van der Waals surface area contributed by atoms with Gasteiger partial charge in [0, 0.05) is 25.3 Å². The highest BCUT2D eigenvalue weighted by atomic mass is 16.7. The number of fused-ring (bicyclic) bond motifs is 1. The normalized spacial score (nSPS) is 18.0. The van der Waals surface area contributed by atoms with Crippen molar-refractivity contribution >= 4 is 17.5 Å². The van der Waals surface area contributed by atoms with Gasteiger partial charge in [-0.05, 0) is 36.8 Å². The van der Waals surface area contributed by atoms with Gasteiger partial charge in [-0.2, -0.15) is 0 Å². The van der Waals surface area contributed by atoms with Crippen LogP contribution < -0.4 is 20.1 Å². The second kappa shape index (κ2) is 7.85. The zero-order valence-electron chi connectivity index (χ0n) is 15.6. The third-order valence-corrected chi connectivity index (χ3v) is 4.84. The molecule has 0 saturated carbocycles. The van der Waals surface area contributed by atoms with Crippen LogP contribution in [0.1, 0.15) is 11.3 Å². The smallest absolute Gasteiger partial charge is 0.248 e. The summed E-state index contributed by atoms with van der Waals surface area (Å²) < 4.78 is 10.7. The van der Waals surface area contributed by atoms with E-state index in [9.17, 15) is 9.59 Å². The highest BCUT2D eigenvalue weighted by molar-refractivity contribution is 5.97. The molecule has 0 spiro atoms. The minimum atomic E-state index is -0.573. The lowest BCUT2D eigenvalue weighted by Gasteiger charge is -2.35. The van der Waals surface area contributed by atoms with Gasteiger partial charge in [0.1, 0.15) is 6.04 Å². The molecule has 2 N–H and O–H groups in total. The topological polar surface area (TPSA) is 92.8 Å². The van der Waals surface area contributed by atoms with Crippen LogP contribution in [0.25, 0.3) is 0 Å². The van der Waals surface area contributed by atoms with E-state index in [-0.39, 0.29) is 25.0 Å². The molecule has 0 radical (unpaired) electrons. The SMILES string of the molecule is Cc1ccc(NC(=O)[C@H]2CNCCN2C(=O)Cc2ccc3c(c2)OCO3)cn1. The Kier molecular flexibility index (Phi) is 5.12. The second-order valence-corrected chi connectivity index (χ2v) is 6.85. The molecule has 2 aromatic rings. The number of aromatic nitrogens is 1. The summed E-state index contributed by atoms with van der Waals surface area (Å²) in [6.07, 6.45) is 1.81. The van der Waals surface area contributed by atoms with Crippen molar-refractivity contribution in [2.24, 2.45) is 0 Å². The van der Waals surface area contributed by atoms with Crippen molar-refractivity contribution < 1.29 is 19.1 Å². The van der Waals surface area contributed by atoms with Crippen molar-refractivity contribution in [3.8, 4) is 11.5 Å². The molecule has 2 aliphatic rings. The van der Waals surface area contributed by atoms with Crippen molar-refractivity contribution in [2.45, 2.75) is 19.4 Å². The van der Waals surface area contributed by atoms with Gasteiger partial charge in [-0.3, -0.25) is 14.6 Å². The Morgan fingerprint density at radius 2 is 2.11 bits per heavy atom. The highest BCUT2D eigenvalue weighted by Crippen LogP contribution is 2.32. The van der Waals surface area contributed by atoms with Crippen LogP contribution >= 0.6 is 0 Å². The van der Waals surface area contributed by atoms with Gasteiger partial charge in [-0.1, -0.05) is 6.07 Å². The van der Waals surface area contributed by atoms with E-state index in [2.05, 4.69) is 15.6 Å². The maximum absolute atomic E-state index is 12.9. The summed E-state index contributed by atoms with van der Waals surface area (Å²) in [6, 6.07) is 8.52. The fourth-order valence-corrected chi connectivity index (χ4v) is 3.33. The van der Waals surface area contributed by atoms with Crippen molar-refractivity contribution in [3.05, 3.63) is 47.8 Å². The fraction of sp³-hybridized carbons (Fsp3) is 0.350. The first kappa shape index (κ1) is 18.2. The largest absolute Gasteiger partial charge is 0.454 e. The summed E-state index contributed by atoms with van der Waals surface area (Å²) in [7, 11) is 0. The molecule has 1 aromatic carbocycles. The molecule has 0 unspecified atom stereocenters. The first-order valence-corrected chi connectivity index (χ1v) is 9.22. The third-order valence-electron chi connectivity index (χ3n) is 4.84. The fourth-order valence-electron chi connectivity index (χ4n) is 3.33. The Labute approximate surface area is 162 Å². The predicted octanol–water partition coefficient (Wildman–Crippen LogP) is 1.10. The van der Waals surface area contributed by atoms with Crippen LogP contribution in [0.3, 0.4) is 0 Å². The van der Waals surface area contributed by atoms with Crippen LogP contribution in [0.4, 0.5) is 5.69 Å². The van der Waals surface area contributed by atoms with E-state index >= 15 is 0 Å². The van der Waals surface area contributed by atoms with E-state index in [1.807, 2.05) is 25.1 Å². The Bertz CT molecular complexity index is 884. The number of hydrogen-bond donors (Lipinski definition) is 2. The molecule has 146 valence electrons. The Balaban J connectivity index is 1.44. The molecule has 3 heterocycles. The second-order valence-electron chi connectivity index (χ2n) is 6.85. The van der Waals surface area contributed by atoms with E-state index in [0.29, 0.717) is 36.8 Å². The molecule has 1 atom stereocenters. The Morgan fingerprint density at radius 1 is 1.25 bits per heavy atom. The van der Waals surface area contributed by atoms with Gasteiger partial charge in [0.25, 0.3) is 0 Å². The molecule has 0 aliphatic carbocycles. The molecule has 8 nitrogen and oxygen atoms in total. The van der Waals surface area contributed by atoms with Gasteiger partial charge in [0.15, 0.2) is 11.5 Å². The number of piperazine rings is 1. The van der Waals surface area contributed by atoms with Gasteiger partial charge >= 0.3 is 0 Å². The number of nitrogens with one attached hydrogen (secondary N) is 2. The number of carbonyl (C=O) groups excluding carboxylic acids is 2. The van der Waals surface area contributed by atoms with Crippen LogP contribution in [-0.4, -0.2) is 54.2 Å². The van der Waals surface area contributed by atoms with Crippen LogP contribution in [0.2, 0.25) is 0 Å². The summed E-state index contributed by atoms with van der Waals surface area (Å²) in [5, 5.41) is 6.04. The van der Waals surface area contributed by atoms with Gasteiger partial charge < -0.3 is 25.0 Å². The number of ether oxygens (including phenoxy) is 2. The lowest BCUT2D eigenvalue weighted by Crippen LogP contribution is -2.58. The molecule has 4 rings (SSSR count). The van der Waals surface area contributed by atoms with Gasteiger partial charge in [-0.15, -0.1) is 0 Å². The molecule has 1 fully saturated rings. The number of carbonyl (C=O) groups is 2. The summed E-state index contributed by atoms with van der Waals surface area (Å²) >= 11 is 0. The van der Waals surface area contributed by atoms with Crippen LogP contribution in [0.15, 0.2) is 36.5 Å². The zero-order chi connectivity index (χ0) is 19.5. The first-order chi connectivity index (χ1) is 13.6. The standard InChI is InChI=1S/C20H22N4O4/c1-13-2-4-15(10-22-13)23-20(26)16-11-21-6-7-24(16)19(25)9-14-3-5-17-18(8-14)28-12-27-17/h2-5,8,10,16,21H,6-7,9,11-12H2,1H3,(H,23,26)/t16-/m1/s1. The lowest BCUT2D eigenvalue weighted by molar-refractivity contribution is -0.139. The summed E-state index contributed by atoms with van der Waals surface area (Å²) in [5.41, 5.74) is 2.32. The maximum atomic E-state index is 12.9. The highest BCUT2D eigenvalue weighted by Gasteiger charge is 2.32. The number of benzene rings is 1. The maximum Gasteiger partial charge on any atom is 0.248 e. The molecule has 0 bridgehead atoms. The number of pyridine rings is 1. The number of aryl methyl sites for hydroxylation is 1. The number of hydrogen-bond acceptors (Lipinski definition) is 6. The molecule has 1 aromatic heterocycles. The molecule has 2 aliphatic heterocycles. The lowest BCUT2D eigenvalue weighted by atomic mass is 10.1. The van der Waals surface area contributed by atoms with E-state index in [4.69, 9.17) is 9.47 Å². The zero-order valence-corrected chi connectivity index (χ0v) is 15.6. The average Bonchev–Trinajstić information content (AvgIpc) is 3.17. The van der Waals surface area contributed by atoms with E-state index in [1.54, 1.807) is 23.2 Å². The molecule has 8 heteroatoms. The van der Waals surface area contributed by atoms with Crippen LogP contribution in [0, 0.1) is 6.92 Å². The monoisotopic (exact) mass is 382 g/mol. The first-order valence-electron chi connectivity index (χ1n) is 9.22. The van der Waals surface area contributed by atoms with Crippen LogP contribution in [-0.2, 0) is 16.0 Å². The Morgan fingerprint density at radius 3 is 2.93 bits per heavy atom. The predicted molar refractivity (Wildman–Crippen MR) is 102 cm³/mol. The minimum absolute atomic E-state index is 0.0949. The molecule has 1 saturated heterocycles. The number of anilines is 1. The summed E-state index contributed by atoms with van der Waals surface area (Å²) in [5.74, 6) is 1.01. The number of rotatable bonds is 4. The third kappa shape index (κ3) is 3.91. The van der Waals surface area contributed by atoms with Crippen LogP contribution in [0.5, 0.6) is 11.5 Å². The summed E-state index contributed by atoms with van der Waals surface area (Å²) in [6.45, 7) is 3.63. The van der Waals surface area contributed by atoms with Crippen molar-refractivity contribution in [1.82, 2.24) is 15.2 Å². The van der Waals surface area contributed by atoms with Gasteiger partial charge in [-0.25, -0.2) is 0 Å². The quantitative estimate of drug-likeness (QED) is 0.823. The molecule has 2 amide bonds.